The van der Waals surface area contributed by atoms with Crippen LogP contribution < -0.4 is 4.90 Å². The number of anilines is 1. The van der Waals surface area contributed by atoms with Crippen LogP contribution >= 0.6 is 15.9 Å². The summed E-state index contributed by atoms with van der Waals surface area (Å²) in [6.45, 7) is 5.95. The number of halogens is 1. The molecular weight excluding hydrogens is 290 g/mol. The molecule has 1 aromatic rings. The van der Waals surface area contributed by atoms with Crippen LogP contribution in [-0.2, 0) is 0 Å². The Bertz CT molecular complexity index is 405. The van der Waals surface area contributed by atoms with Crippen LogP contribution in [-0.4, -0.2) is 23.8 Å². The standard InChI is InChI=1S/C15H22BrNO/c1-15(2)9-7-12(8-10-18)11-17(15)14-6-4-3-5-13(14)16/h3-6,12,18H,7-11H2,1-2H3. The molecule has 1 N–H and O–H groups in total. The fourth-order valence-corrected chi connectivity index (χ4v) is 3.30. The van der Waals surface area contributed by atoms with E-state index in [4.69, 9.17) is 5.11 Å². The van der Waals surface area contributed by atoms with Crippen LogP contribution in [0.3, 0.4) is 0 Å². The lowest BCUT2D eigenvalue weighted by molar-refractivity contribution is 0.217. The largest absolute Gasteiger partial charge is 0.396 e. The predicted octanol–water partition coefficient (Wildman–Crippen LogP) is 3.83. The molecule has 0 spiro atoms. The van der Waals surface area contributed by atoms with Crippen LogP contribution in [0.4, 0.5) is 5.69 Å². The number of rotatable bonds is 3. The zero-order valence-corrected chi connectivity index (χ0v) is 12.8. The van der Waals surface area contributed by atoms with Crippen LogP contribution in [0, 0.1) is 5.92 Å². The van der Waals surface area contributed by atoms with E-state index in [1.807, 2.05) is 0 Å². The van der Waals surface area contributed by atoms with Gasteiger partial charge in [-0.05, 0) is 67.1 Å². The third kappa shape index (κ3) is 2.89. The number of para-hydroxylation sites is 1. The Hall–Kier alpha value is -0.540. The highest BCUT2D eigenvalue weighted by molar-refractivity contribution is 9.10. The lowest BCUT2D eigenvalue weighted by atomic mass is 9.83. The van der Waals surface area contributed by atoms with Crippen LogP contribution in [0.5, 0.6) is 0 Å². The van der Waals surface area contributed by atoms with Crippen molar-refractivity contribution in [2.24, 2.45) is 5.92 Å². The molecule has 3 heteroatoms. The lowest BCUT2D eigenvalue weighted by Gasteiger charge is -2.47. The molecule has 18 heavy (non-hydrogen) atoms. The van der Waals surface area contributed by atoms with Crippen molar-refractivity contribution in [3.63, 3.8) is 0 Å². The second kappa shape index (κ2) is 5.62. The minimum atomic E-state index is 0.190. The summed E-state index contributed by atoms with van der Waals surface area (Å²) in [5.41, 5.74) is 1.46. The van der Waals surface area contributed by atoms with Crippen molar-refractivity contribution in [2.45, 2.75) is 38.6 Å². The molecule has 1 atom stereocenters. The summed E-state index contributed by atoms with van der Waals surface area (Å²) in [6.07, 6.45) is 3.31. The smallest absolute Gasteiger partial charge is 0.0515 e. The van der Waals surface area contributed by atoms with Gasteiger partial charge < -0.3 is 10.0 Å². The number of nitrogens with zero attached hydrogens (tertiary/aromatic N) is 1. The van der Waals surface area contributed by atoms with E-state index in [9.17, 15) is 0 Å². The van der Waals surface area contributed by atoms with Crippen LogP contribution in [0.25, 0.3) is 0 Å². The van der Waals surface area contributed by atoms with Gasteiger partial charge in [-0.25, -0.2) is 0 Å². The fraction of sp³-hybridized carbons (Fsp3) is 0.600. The molecule has 0 amide bonds. The average Bonchev–Trinajstić information content (AvgIpc) is 2.33. The number of aliphatic hydroxyl groups is 1. The van der Waals surface area contributed by atoms with Crippen molar-refractivity contribution in [1.29, 1.82) is 0 Å². The SMILES string of the molecule is CC1(C)CCC(CCO)CN1c1ccccc1Br. The molecule has 1 aliphatic rings. The van der Waals surface area contributed by atoms with Gasteiger partial charge in [0.1, 0.15) is 0 Å². The summed E-state index contributed by atoms with van der Waals surface area (Å²) in [5, 5.41) is 9.13. The Balaban J connectivity index is 2.24. The molecular formula is C15H22BrNO. The minimum absolute atomic E-state index is 0.190. The van der Waals surface area contributed by atoms with E-state index in [0.717, 1.165) is 17.4 Å². The molecule has 0 radical (unpaired) electrons. The Morgan fingerprint density at radius 3 is 2.78 bits per heavy atom. The molecule has 0 bridgehead atoms. The van der Waals surface area contributed by atoms with Crippen LogP contribution in [0.15, 0.2) is 28.7 Å². The molecule has 0 aliphatic carbocycles. The molecule has 1 heterocycles. The predicted molar refractivity (Wildman–Crippen MR) is 80.0 cm³/mol. The van der Waals surface area contributed by atoms with Gasteiger partial charge in [-0.1, -0.05) is 12.1 Å². The molecule has 0 saturated carbocycles. The van der Waals surface area contributed by atoms with Crippen molar-refractivity contribution in [1.82, 2.24) is 0 Å². The van der Waals surface area contributed by atoms with Gasteiger partial charge in [0.25, 0.3) is 0 Å². The second-order valence-corrected chi connectivity index (χ2v) is 6.65. The highest BCUT2D eigenvalue weighted by atomic mass is 79.9. The number of benzene rings is 1. The number of hydrogen-bond donors (Lipinski definition) is 1. The van der Waals surface area contributed by atoms with Gasteiger partial charge in [-0.15, -0.1) is 0 Å². The van der Waals surface area contributed by atoms with Crippen molar-refractivity contribution in [3.8, 4) is 0 Å². The Kier molecular flexibility index (Phi) is 4.33. The van der Waals surface area contributed by atoms with E-state index >= 15 is 0 Å². The zero-order chi connectivity index (χ0) is 13.2. The minimum Gasteiger partial charge on any atom is -0.396 e. The molecule has 1 unspecified atom stereocenters. The highest BCUT2D eigenvalue weighted by Crippen LogP contribution is 2.38. The first-order valence-electron chi connectivity index (χ1n) is 6.67. The maximum absolute atomic E-state index is 9.13. The van der Waals surface area contributed by atoms with Gasteiger partial charge in [0.05, 0.1) is 5.69 Å². The molecule has 0 aromatic heterocycles. The molecule has 1 saturated heterocycles. The van der Waals surface area contributed by atoms with Crippen molar-refractivity contribution >= 4 is 21.6 Å². The number of piperidine rings is 1. The van der Waals surface area contributed by atoms with Crippen molar-refractivity contribution < 1.29 is 5.11 Å². The lowest BCUT2D eigenvalue weighted by Crippen LogP contribution is -2.51. The molecule has 2 nitrogen and oxygen atoms in total. The van der Waals surface area contributed by atoms with Crippen LogP contribution in [0.1, 0.15) is 33.1 Å². The summed E-state index contributed by atoms with van der Waals surface area (Å²) in [4.78, 5) is 2.49. The first-order valence-corrected chi connectivity index (χ1v) is 7.47. The van der Waals surface area contributed by atoms with E-state index in [0.29, 0.717) is 12.5 Å². The van der Waals surface area contributed by atoms with Gasteiger partial charge in [-0.2, -0.15) is 0 Å². The summed E-state index contributed by atoms with van der Waals surface area (Å²) in [5.74, 6) is 0.607. The van der Waals surface area contributed by atoms with E-state index in [1.54, 1.807) is 0 Å². The molecule has 100 valence electrons. The summed E-state index contributed by atoms with van der Waals surface area (Å²) in [7, 11) is 0. The van der Waals surface area contributed by atoms with E-state index in [1.165, 1.54) is 18.5 Å². The van der Waals surface area contributed by atoms with Gasteiger partial charge in [0.15, 0.2) is 0 Å². The Labute approximate surface area is 118 Å². The quantitative estimate of drug-likeness (QED) is 0.917. The average molecular weight is 312 g/mol. The first-order chi connectivity index (χ1) is 8.54. The molecule has 1 aliphatic heterocycles. The summed E-state index contributed by atoms with van der Waals surface area (Å²) < 4.78 is 1.16. The van der Waals surface area contributed by atoms with Crippen LogP contribution in [0.2, 0.25) is 0 Å². The third-order valence-electron chi connectivity index (χ3n) is 4.02. The Morgan fingerprint density at radius 2 is 2.11 bits per heavy atom. The molecule has 1 fully saturated rings. The number of aliphatic hydroxyl groups excluding tert-OH is 1. The topological polar surface area (TPSA) is 23.5 Å². The third-order valence-corrected chi connectivity index (χ3v) is 4.69. The first kappa shape index (κ1) is 13.9. The molecule has 1 aromatic carbocycles. The normalized spacial score (nSPS) is 23.1. The molecule has 2 rings (SSSR count). The van der Waals surface area contributed by atoms with Gasteiger partial charge in [-0.3, -0.25) is 0 Å². The maximum atomic E-state index is 9.13. The second-order valence-electron chi connectivity index (χ2n) is 5.79. The number of hydrogen-bond acceptors (Lipinski definition) is 2. The monoisotopic (exact) mass is 311 g/mol. The summed E-state index contributed by atoms with van der Waals surface area (Å²) in [6, 6.07) is 8.41. The van der Waals surface area contributed by atoms with Crippen molar-refractivity contribution in [2.75, 3.05) is 18.1 Å². The van der Waals surface area contributed by atoms with Gasteiger partial charge in [0.2, 0.25) is 0 Å². The van der Waals surface area contributed by atoms with Crippen molar-refractivity contribution in [3.05, 3.63) is 28.7 Å². The highest BCUT2D eigenvalue weighted by Gasteiger charge is 2.34. The van der Waals surface area contributed by atoms with Gasteiger partial charge >= 0.3 is 0 Å². The van der Waals surface area contributed by atoms with E-state index in [-0.39, 0.29) is 5.54 Å². The zero-order valence-electron chi connectivity index (χ0n) is 11.2. The fourth-order valence-electron chi connectivity index (χ4n) is 2.80. The summed E-state index contributed by atoms with van der Waals surface area (Å²) >= 11 is 3.65. The van der Waals surface area contributed by atoms with E-state index in [2.05, 4.69) is 58.9 Å². The maximum Gasteiger partial charge on any atom is 0.0515 e. The Morgan fingerprint density at radius 1 is 1.39 bits per heavy atom. The van der Waals surface area contributed by atoms with E-state index < -0.39 is 0 Å². The van der Waals surface area contributed by atoms with Gasteiger partial charge in [0, 0.05) is 23.2 Å².